The molecule has 1 fully saturated rings. The number of nitrogens with one attached hydrogen (secondary N) is 2. The molecule has 0 bridgehead atoms. The number of hydrogen-bond acceptors (Lipinski definition) is 7. The van der Waals surface area contributed by atoms with E-state index in [2.05, 4.69) is 10.0 Å². The number of hydrogen-bond donors (Lipinski definition) is 2. The van der Waals surface area contributed by atoms with Crippen LogP contribution in [0.5, 0.6) is 0 Å². The summed E-state index contributed by atoms with van der Waals surface area (Å²) >= 11 is 0. The van der Waals surface area contributed by atoms with Crippen LogP contribution in [0.4, 0.5) is 11.4 Å². The van der Waals surface area contributed by atoms with E-state index in [1.54, 1.807) is 26.0 Å². The van der Waals surface area contributed by atoms with Crippen molar-refractivity contribution in [2.45, 2.75) is 51.0 Å². The van der Waals surface area contributed by atoms with E-state index in [0.29, 0.717) is 43.9 Å². The predicted octanol–water partition coefficient (Wildman–Crippen LogP) is 2.13. The van der Waals surface area contributed by atoms with Crippen LogP contribution in [-0.4, -0.2) is 59.7 Å². The van der Waals surface area contributed by atoms with E-state index >= 15 is 0 Å². The number of ether oxygens (including phenoxy) is 2. The lowest BCUT2D eigenvalue weighted by atomic mass is 9.97. The van der Waals surface area contributed by atoms with Crippen molar-refractivity contribution in [3.63, 3.8) is 0 Å². The van der Waals surface area contributed by atoms with Crippen LogP contribution in [0.15, 0.2) is 23.1 Å². The van der Waals surface area contributed by atoms with E-state index in [1.807, 2.05) is 11.8 Å². The molecule has 1 aromatic carbocycles. The summed E-state index contributed by atoms with van der Waals surface area (Å²) in [7, 11) is -2.45. The van der Waals surface area contributed by atoms with Gasteiger partial charge in [0.05, 0.1) is 18.2 Å². The lowest BCUT2D eigenvalue weighted by Crippen LogP contribution is -2.41. The van der Waals surface area contributed by atoms with Crippen LogP contribution in [0, 0.1) is 5.92 Å². The standard InChI is InChI=1S/C21H33N3O6S/c1-5-15(3)23-31(27,28)19-12-17(22-20(25)14-29-4)9-10-18(19)24-11-7-8-16(13-24)21(26)30-6-2/h9-10,12,15-16,23H,5-8,11,13-14H2,1-4H3,(H,22,25)/t15-,16+/m1/s1. The molecule has 2 atom stereocenters. The lowest BCUT2D eigenvalue weighted by Gasteiger charge is -2.34. The number of nitrogens with zero attached hydrogens (tertiary/aromatic N) is 1. The second-order valence-corrected chi connectivity index (χ2v) is 9.31. The number of sulfonamides is 1. The summed E-state index contributed by atoms with van der Waals surface area (Å²) in [6.45, 7) is 6.62. The molecule has 174 valence electrons. The summed E-state index contributed by atoms with van der Waals surface area (Å²) in [6, 6.07) is 4.51. The zero-order chi connectivity index (χ0) is 23.0. The first kappa shape index (κ1) is 25.1. The van der Waals surface area contributed by atoms with Gasteiger partial charge in [-0.05, 0) is 51.3 Å². The molecule has 0 spiro atoms. The summed E-state index contributed by atoms with van der Waals surface area (Å²) in [4.78, 5) is 26.1. The van der Waals surface area contributed by atoms with E-state index in [9.17, 15) is 18.0 Å². The Morgan fingerprint density at radius 2 is 2.03 bits per heavy atom. The second kappa shape index (κ2) is 11.4. The molecule has 1 aliphatic rings. The fourth-order valence-corrected chi connectivity index (χ4v) is 5.03. The minimum atomic E-state index is -3.86. The van der Waals surface area contributed by atoms with Crippen molar-refractivity contribution in [3.8, 4) is 0 Å². The van der Waals surface area contributed by atoms with Crippen molar-refractivity contribution in [1.82, 2.24) is 4.72 Å². The SMILES string of the molecule is CCOC(=O)[C@H]1CCCN(c2ccc(NC(=O)COC)cc2S(=O)(=O)N[C@H](C)CC)C1. The largest absolute Gasteiger partial charge is 0.466 e. The third-order valence-electron chi connectivity index (χ3n) is 5.16. The molecule has 2 N–H and O–H groups in total. The molecule has 2 rings (SSSR count). The number of carbonyl (C=O) groups is 2. The van der Waals surface area contributed by atoms with Crippen LogP contribution in [0.25, 0.3) is 0 Å². The maximum atomic E-state index is 13.2. The van der Waals surface area contributed by atoms with Crippen molar-refractivity contribution in [3.05, 3.63) is 18.2 Å². The minimum absolute atomic E-state index is 0.0625. The first-order valence-electron chi connectivity index (χ1n) is 10.6. The number of rotatable bonds is 10. The van der Waals surface area contributed by atoms with Crippen molar-refractivity contribution in [1.29, 1.82) is 0 Å². The first-order chi connectivity index (χ1) is 14.7. The number of benzene rings is 1. The second-order valence-electron chi connectivity index (χ2n) is 7.63. The quantitative estimate of drug-likeness (QED) is 0.520. The Kier molecular flexibility index (Phi) is 9.27. The van der Waals surface area contributed by atoms with Gasteiger partial charge in [0.2, 0.25) is 15.9 Å². The Morgan fingerprint density at radius 1 is 1.29 bits per heavy atom. The Morgan fingerprint density at radius 3 is 2.68 bits per heavy atom. The molecule has 0 aromatic heterocycles. The highest BCUT2D eigenvalue weighted by molar-refractivity contribution is 7.89. The predicted molar refractivity (Wildman–Crippen MR) is 119 cm³/mol. The van der Waals surface area contributed by atoms with Gasteiger partial charge in [-0.15, -0.1) is 0 Å². The zero-order valence-corrected chi connectivity index (χ0v) is 19.5. The van der Waals surface area contributed by atoms with Gasteiger partial charge in [0.1, 0.15) is 11.5 Å². The summed E-state index contributed by atoms with van der Waals surface area (Å²) < 4.78 is 39.0. The monoisotopic (exact) mass is 455 g/mol. The van der Waals surface area contributed by atoms with E-state index in [0.717, 1.165) is 6.42 Å². The van der Waals surface area contributed by atoms with Gasteiger partial charge in [0.25, 0.3) is 0 Å². The molecule has 0 unspecified atom stereocenters. The van der Waals surface area contributed by atoms with Crippen LogP contribution in [0.2, 0.25) is 0 Å². The molecule has 1 amide bonds. The summed E-state index contributed by atoms with van der Waals surface area (Å²) in [5.41, 5.74) is 0.851. The molecule has 0 saturated carbocycles. The molecule has 9 nitrogen and oxygen atoms in total. The number of anilines is 2. The Bertz CT molecular complexity index is 874. The minimum Gasteiger partial charge on any atom is -0.466 e. The highest BCUT2D eigenvalue weighted by atomic mass is 32.2. The molecule has 1 saturated heterocycles. The Balaban J connectivity index is 2.40. The van der Waals surface area contributed by atoms with Gasteiger partial charge >= 0.3 is 5.97 Å². The van der Waals surface area contributed by atoms with Crippen LogP contribution in [0.3, 0.4) is 0 Å². The van der Waals surface area contributed by atoms with Crippen LogP contribution >= 0.6 is 0 Å². The highest BCUT2D eigenvalue weighted by Crippen LogP contribution is 2.32. The van der Waals surface area contributed by atoms with Gasteiger partial charge < -0.3 is 19.7 Å². The maximum absolute atomic E-state index is 13.2. The number of piperidine rings is 1. The van der Waals surface area contributed by atoms with Crippen molar-refractivity contribution in [2.24, 2.45) is 5.92 Å². The molecular formula is C21H33N3O6S. The van der Waals surface area contributed by atoms with Gasteiger partial charge in [-0.3, -0.25) is 9.59 Å². The van der Waals surface area contributed by atoms with Crippen LogP contribution < -0.4 is 14.9 Å². The van der Waals surface area contributed by atoms with E-state index in [1.165, 1.54) is 13.2 Å². The normalized spacial score (nSPS) is 17.8. The number of carbonyl (C=O) groups excluding carboxylic acids is 2. The van der Waals surface area contributed by atoms with Gasteiger partial charge in [-0.1, -0.05) is 6.92 Å². The van der Waals surface area contributed by atoms with Gasteiger partial charge in [-0.25, -0.2) is 13.1 Å². The number of esters is 1. The Hall–Kier alpha value is -2.17. The van der Waals surface area contributed by atoms with Gasteiger partial charge in [0, 0.05) is 31.9 Å². The topological polar surface area (TPSA) is 114 Å². The third kappa shape index (κ3) is 6.91. The lowest BCUT2D eigenvalue weighted by molar-refractivity contribution is -0.148. The van der Waals surface area contributed by atoms with Crippen LogP contribution in [0.1, 0.15) is 40.0 Å². The molecule has 1 heterocycles. The summed E-state index contributed by atoms with van der Waals surface area (Å²) in [5.74, 6) is -0.959. The summed E-state index contributed by atoms with van der Waals surface area (Å²) in [6.07, 6.45) is 2.08. The van der Waals surface area contributed by atoms with Gasteiger partial charge in [-0.2, -0.15) is 0 Å². The zero-order valence-electron chi connectivity index (χ0n) is 18.6. The Labute approximate surface area is 184 Å². The smallest absolute Gasteiger partial charge is 0.310 e. The fourth-order valence-electron chi connectivity index (χ4n) is 3.46. The third-order valence-corrected chi connectivity index (χ3v) is 6.78. The van der Waals surface area contributed by atoms with E-state index in [-0.39, 0.29) is 35.3 Å². The molecular weight excluding hydrogens is 422 g/mol. The highest BCUT2D eigenvalue weighted by Gasteiger charge is 2.31. The van der Waals surface area contributed by atoms with Crippen molar-refractivity contribution in [2.75, 3.05) is 43.6 Å². The van der Waals surface area contributed by atoms with Gasteiger partial charge in [0.15, 0.2) is 0 Å². The average molecular weight is 456 g/mol. The number of amides is 1. The number of methoxy groups -OCH3 is 1. The van der Waals surface area contributed by atoms with E-state index in [4.69, 9.17) is 9.47 Å². The molecule has 1 aliphatic heterocycles. The molecule has 0 aliphatic carbocycles. The first-order valence-corrected chi connectivity index (χ1v) is 12.1. The van der Waals surface area contributed by atoms with Crippen LogP contribution in [-0.2, 0) is 29.1 Å². The fraction of sp³-hybridized carbons (Fsp3) is 0.619. The maximum Gasteiger partial charge on any atom is 0.310 e. The average Bonchev–Trinajstić information content (AvgIpc) is 2.73. The molecule has 31 heavy (non-hydrogen) atoms. The molecule has 10 heteroatoms. The van der Waals surface area contributed by atoms with E-state index < -0.39 is 10.0 Å². The summed E-state index contributed by atoms with van der Waals surface area (Å²) in [5, 5.41) is 2.65. The molecule has 0 radical (unpaired) electrons. The molecule has 1 aromatic rings. The van der Waals surface area contributed by atoms with Crippen molar-refractivity contribution >= 4 is 33.3 Å². The van der Waals surface area contributed by atoms with Crippen molar-refractivity contribution < 1.29 is 27.5 Å².